The van der Waals surface area contributed by atoms with Gasteiger partial charge in [-0.05, 0) is 12.1 Å². The molecule has 3 rings (SSSR count). The molecule has 1 aromatic rings. The van der Waals surface area contributed by atoms with Crippen LogP contribution in [-0.4, -0.2) is 74.8 Å². The van der Waals surface area contributed by atoms with Crippen molar-refractivity contribution in [2.24, 2.45) is 0 Å². The molecule has 2 aliphatic heterocycles. The number of aliphatic hydroxyl groups is 4. The van der Waals surface area contributed by atoms with Gasteiger partial charge >= 0.3 is 0 Å². The Morgan fingerprint density at radius 1 is 1.09 bits per heavy atom. The molecule has 0 aromatic heterocycles. The van der Waals surface area contributed by atoms with Crippen molar-refractivity contribution in [1.29, 1.82) is 0 Å². The first-order valence-corrected chi connectivity index (χ1v) is 7.04. The lowest BCUT2D eigenvalue weighted by atomic mass is 9.91. The number of benzene rings is 1. The number of hydrogen-bond donors (Lipinski definition) is 5. The third-order valence-corrected chi connectivity index (χ3v) is 4.03. The Kier molecular flexibility index (Phi) is 4.23. The van der Waals surface area contributed by atoms with Crippen molar-refractivity contribution in [3.05, 3.63) is 24.3 Å². The number of anilines is 1. The minimum absolute atomic E-state index is 0.137. The van der Waals surface area contributed by atoms with Crippen molar-refractivity contribution < 1.29 is 39.9 Å². The molecule has 2 unspecified atom stereocenters. The second kappa shape index (κ2) is 6.04. The van der Waals surface area contributed by atoms with Gasteiger partial charge in [-0.25, -0.2) is 0 Å². The van der Waals surface area contributed by atoms with E-state index in [4.69, 9.17) is 9.47 Å². The fraction of sp³-hybridized carbons (Fsp3) is 0.500. The summed E-state index contributed by atoms with van der Waals surface area (Å²) in [6.07, 6.45) is -8.80. The molecule has 1 fully saturated rings. The Balaban J connectivity index is 1.90. The Hall–Kier alpha value is -1.75. The van der Waals surface area contributed by atoms with Gasteiger partial charge in [-0.1, -0.05) is 12.1 Å². The number of hydroxylamine groups is 1. The highest BCUT2D eigenvalue weighted by molar-refractivity contribution is 5.98. The number of nitrogens with zero attached hydrogens (tertiary/aromatic N) is 1. The van der Waals surface area contributed by atoms with Crippen molar-refractivity contribution >= 4 is 11.6 Å². The smallest absolute Gasteiger partial charge is 0.294 e. The Bertz CT molecular complexity index is 594. The van der Waals surface area contributed by atoms with Gasteiger partial charge in [-0.3, -0.25) is 10.0 Å². The van der Waals surface area contributed by atoms with E-state index in [1.807, 2.05) is 0 Å². The zero-order valence-corrected chi connectivity index (χ0v) is 11.9. The lowest BCUT2D eigenvalue weighted by molar-refractivity contribution is -0.245. The van der Waals surface area contributed by atoms with E-state index in [9.17, 15) is 30.4 Å². The third kappa shape index (κ3) is 2.57. The molecule has 9 nitrogen and oxygen atoms in total. The van der Waals surface area contributed by atoms with E-state index in [2.05, 4.69) is 0 Å². The molecule has 23 heavy (non-hydrogen) atoms. The molecule has 1 amide bonds. The molecule has 5 N–H and O–H groups in total. The summed E-state index contributed by atoms with van der Waals surface area (Å²) in [6, 6.07) is 6.22. The van der Waals surface area contributed by atoms with Crippen molar-refractivity contribution in [2.75, 3.05) is 11.7 Å². The lowest BCUT2D eigenvalue weighted by Crippen LogP contribution is -2.65. The quantitative estimate of drug-likeness (QED) is 0.393. The van der Waals surface area contributed by atoms with Gasteiger partial charge in [-0.15, -0.1) is 0 Å². The topological polar surface area (TPSA) is 140 Å². The highest BCUT2D eigenvalue weighted by Crippen LogP contribution is 2.35. The van der Waals surface area contributed by atoms with Crippen LogP contribution in [0.15, 0.2) is 24.3 Å². The van der Waals surface area contributed by atoms with Gasteiger partial charge in [0.2, 0.25) is 6.10 Å². The highest BCUT2D eigenvalue weighted by atomic mass is 16.6. The molecule has 6 atom stereocenters. The summed E-state index contributed by atoms with van der Waals surface area (Å²) in [6.45, 7) is -0.623. The molecule has 126 valence electrons. The first-order valence-electron chi connectivity index (χ1n) is 7.04. The predicted octanol–water partition coefficient (Wildman–Crippen LogP) is -1.99. The molecular weight excluding hydrogens is 310 g/mol. The molecule has 0 saturated carbocycles. The average Bonchev–Trinajstić information content (AvgIpc) is 2.57. The van der Waals surface area contributed by atoms with Crippen LogP contribution in [0.4, 0.5) is 5.69 Å². The van der Waals surface area contributed by atoms with Crippen LogP contribution in [0, 0.1) is 0 Å². The summed E-state index contributed by atoms with van der Waals surface area (Å²) in [5.41, 5.74) is 0.137. The maximum absolute atomic E-state index is 12.3. The first kappa shape index (κ1) is 16.1. The van der Waals surface area contributed by atoms with Gasteiger partial charge in [0.1, 0.15) is 42.0 Å². The standard InChI is InChI=1S/C14H17NO8/c16-5-8-9(17)10(18)11(19)12(23-8)13-14(20)15(21)6-3-1-2-4-7(6)22-13/h1-4,8-13,16-19,21H,5H2/t8-,9-,10+,11-,12?,13?/m1/s1. The summed E-state index contributed by atoms with van der Waals surface area (Å²) in [5.74, 6) is -0.704. The van der Waals surface area contributed by atoms with Crippen molar-refractivity contribution in [2.45, 2.75) is 36.6 Å². The largest absolute Gasteiger partial charge is 0.475 e. The number of carbonyl (C=O) groups excluding carboxylic acids is 1. The van der Waals surface area contributed by atoms with Gasteiger partial charge in [0.25, 0.3) is 5.91 Å². The zero-order valence-electron chi connectivity index (χ0n) is 11.9. The molecule has 1 aromatic carbocycles. The zero-order chi connectivity index (χ0) is 16.7. The van der Waals surface area contributed by atoms with E-state index < -0.39 is 49.1 Å². The number of carbonyl (C=O) groups is 1. The Morgan fingerprint density at radius 2 is 1.78 bits per heavy atom. The minimum Gasteiger partial charge on any atom is -0.475 e. The predicted molar refractivity (Wildman–Crippen MR) is 73.9 cm³/mol. The van der Waals surface area contributed by atoms with Crippen LogP contribution in [-0.2, 0) is 9.53 Å². The average molecular weight is 327 g/mol. The molecule has 2 heterocycles. The van der Waals surface area contributed by atoms with Gasteiger partial charge in [0.05, 0.1) is 6.61 Å². The highest BCUT2D eigenvalue weighted by Gasteiger charge is 2.51. The van der Waals surface area contributed by atoms with Gasteiger partial charge < -0.3 is 29.9 Å². The van der Waals surface area contributed by atoms with Gasteiger partial charge in [0, 0.05) is 0 Å². The van der Waals surface area contributed by atoms with Crippen molar-refractivity contribution in [3.63, 3.8) is 0 Å². The van der Waals surface area contributed by atoms with E-state index >= 15 is 0 Å². The van der Waals surface area contributed by atoms with Crippen LogP contribution in [0.3, 0.4) is 0 Å². The molecule has 0 bridgehead atoms. The number of amides is 1. The van der Waals surface area contributed by atoms with Crippen LogP contribution < -0.4 is 9.80 Å². The second-order valence-corrected chi connectivity index (χ2v) is 5.45. The van der Waals surface area contributed by atoms with Crippen LogP contribution in [0.5, 0.6) is 5.75 Å². The normalized spacial score (nSPS) is 37.3. The molecule has 0 spiro atoms. The number of fused-ring (bicyclic) bond motifs is 1. The molecule has 0 radical (unpaired) electrons. The fourth-order valence-electron chi connectivity index (χ4n) is 2.75. The summed E-state index contributed by atoms with van der Waals surface area (Å²) < 4.78 is 10.8. The number of para-hydroxylation sites is 2. The summed E-state index contributed by atoms with van der Waals surface area (Å²) in [4.78, 5) is 12.3. The van der Waals surface area contributed by atoms with Gasteiger partial charge in [-0.2, -0.15) is 5.06 Å². The molecular formula is C14H17NO8. The summed E-state index contributed by atoms with van der Waals surface area (Å²) >= 11 is 0. The molecule has 2 aliphatic rings. The van der Waals surface area contributed by atoms with E-state index in [0.29, 0.717) is 5.06 Å². The minimum atomic E-state index is -1.64. The maximum atomic E-state index is 12.3. The second-order valence-electron chi connectivity index (χ2n) is 5.45. The van der Waals surface area contributed by atoms with E-state index in [0.717, 1.165) is 0 Å². The monoisotopic (exact) mass is 327 g/mol. The first-order chi connectivity index (χ1) is 11.0. The van der Waals surface area contributed by atoms with Crippen LogP contribution in [0.2, 0.25) is 0 Å². The number of hydrogen-bond acceptors (Lipinski definition) is 8. The number of aliphatic hydroxyl groups excluding tert-OH is 4. The maximum Gasteiger partial charge on any atom is 0.294 e. The van der Waals surface area contributed by atoms with Crippen LogP contribution in [0.1, 0.15) is 0 Å². The van der Waals surface area contributed by atoms with E-state index in [1.54, 1.807) is 12.1 Å². The lowest BCUT2D eigenvalue weighted by Gasteiger charge is -2.43. The third-order valence-electron chi connectivity index (χ3n) is 4.03. The molecule has 9 heteroatoms. The van der Waals surface area contributed by atoms with Crippen molar-refractivity contribution in [1.82, 2.24) is 0 Å². The van der Waals surface area contributed by atoms with Crippen LogP contribution >= 0.6 is 0 Å². The Labute approximate surface area is 130 Å². The molecule has 1 saturated heterocycles. The van der Waals surface area contributed by atoms with Gasteiger partial charge in [0.15, 0.2) is 0 Å². The fourth-order valence-corrected chi connectivity index (χ4v) is 2.75. The Morgan fingerprint density at radius 3 is 2.48 bits per heavy atom. The van der Waals surface area contributed by atoms with E-state index in [-0.39, 0.29) is 11.4 Å². The number of ether oxygens (including phenoxy) is 2. The van der Waals surface area contributed by atoms with Crippen molar-refractivity contribution in [3.8, 4) is 5.75 Å². The van der Waals surface area contributed by atoms with Crippen LogP contribution in [0.25, 0.3) is 0 Å². The summed E-state index contributed by atoms with van der Waals surface area (Å²) in [5, 5.41) is 49.2. The SMILES string of the molecule is O=C1C(C2O[C@H](CO)[C@@H](O)[C@H](O)[C@H]2O)Oc2ccccc2N1O. The summed E-state index contributed by atoms with van der Waals surface area (Å²) in [7, 11) is 0. The molecule has 0 aliphatic carbocycles. The van der Waals surface area contributed by atoms with E-state index in [1.165, 1.54) is 12.1 Å². The number of rotatable bonds is 2.